The topological polar surface area (TPSA) is 100 Å². The molecule has 0 N–H and O–H groups in total. The van der Waals surface area contributed by atoms with Crippen LogP contribution in [0.15, 0.2) is 11.8 Å². The average molecular weight is 316 g/mol. The number of allylic oxidation sites excluding steroid dienone is 2. The molecule has 6 nitrogen and oxygen atoms in total. The Balaban J connectivity index is 2.55. The normalized spacial score (nSPS) is 32.8. The summed E-state index contributed by atoms with van der Waals surface area (Å²) in [6.45, 7) is 3.99. The van der Waals surface area contributed by atoms with Gasteiger partial charge in [0.15, 0.2) is 11.2 Å². The van der Waals surface area contributed by atoms with Gasteiger partial charge in [-0.25, -0.2) is 0 Å². The van der Waals surface area contributed by atoms with Gasteiger partial charge in [0.25, 0.3) is 0 Å². The third kappa shape index (κ3) is 2.49. The summed E-state index contributed by atoms with van der Waals surface area (Å²) in [6.07, 6.45) is 2.68. The van der Waals surface area contributed by atoms with Crippen molar-refractivity contribution in [2.75, 3.05) is 13.2 Å². The van der Waals surface area contributed by atoms with E-state index in [1.807, 2.05) is 0 Å². The first-order chi connectivity index (χ1) is 11.0. The first kappa shape index (κ1) is 17.0. The number of fused-ring (bicyclic) bond motifs is 1. The lowest BCUT2D eigenvalue weighted by Gasteiger charge is -2.47. The molecule has 1 saturated carbocycles. The number of esters is 1. The van der Waals surface area contributed by atoms with Gasteiger partial charge in [-0.3, -0.25) is 9.59 Å². The summed E-state index contributed by atoms with van der Waals surface area (Å²) < 4.78 is 10.5. The average Bonchev–Trinajstić information content (AvgIpc) is 2.55. The Morgan fingerprint density at radius 2 is 2.04 bits per heavy atom. The van der Waals surface area contributed by atoms with Crippen LogP contribution in [0.5, 0.6) is 0 Å². The van der Waals surface area contributed by atoms with Gasteiger partial charge in [-0.2, -0.15) is 10.5 Å². The van der Waals surface area contributed by atoms with Crippen molar-refractivity contribution in [2.24, 2.45) is 16.7 Å². The fourth-order valence-corrected chi connectivity index (χ4v) is 3.75. The highest BCUT2D eigenvalue weighted by atomic mass is 16.5. The molecule has 2 aliphatic carbocycles. The third-order valence-electron chi connectivity index (χ3n) is 4.84. The summed E-state index contributed by atoms with van der Waals surface area (Å²) in [5, 5.41) is 19.5. The molecule has 0 spiro atoms. The second-order valence-corrected chi connectivity index (χ2v) is 5.90. The van der Waals surface area contributed by atoms with Crippen LogP contribution >= 0.6 is 0 Å². The van der Waals surface area contributed by atoms with E-state index in [9.17, 15) is 20.1 Å². The van der Waals surface area contributed by atoms with Crippen molar-refractivity contribution in [1.29, 1.82) is 10.5 Å². The zero-order valence-corrected chi connectivity index (χ0v) is 13.4. The molecule has 0 amide bonds. The second-order valence-electron chi connectivity index (χ2n) is 5.90. The van der Waals surface area contributed by atoms with Gasteiger partial charge >= 0.3 is 5.97 Å². The molecule has 122 valence electrons. The number of carbonyl (C=O) groups excluding carboxylic acids is 2. The van der Waals surface area contributed by atoms with E-state index in [4.69, 9.17) is 9.47 Å². The van der Waals surface area contributed by atoms with Crippen LogP contribution in [0, 0.1) is 39.4 Å². The standard InChI is InChI=1S/C17H20N2O4/c1-3-22-12-8-13-16(10-18,14(20)9-12)6-5-7-17(13,11-19)15(21)23-4-2/h9,13H,3-8H2,1-2H3/t13-,16+,17-/m1/s1. The van der Waals surface area contributed by atoms with E-state index < -0.39 is 22.7 Å². The Morgan fingerprint density at radius 1 is 1.30 bits per heavy atom. The zero-order valence-electron chi connectivity index (χ0n) is 13.4. The van der Waals surface area contributed by atoms with Gasteiger partial charge in [-0.15, -0.1) is 0 Å². The number of hydrogen-bond donors (Lipinski definition) is 0. The van der Waals surface area contributed by atoms with E-state index in [2.05, 4.69) is 12.1 Å². The van der Waals surface area contributed by atoms with Crippen molar-refractivity contribution in [1.82, 2.24) is 0 Å². The maximum Gasteiger partial charge on any atom is 0.326 e. The molecule has 1 fully saturated rings. The van der Waals surface area contributed by atoms with Crippen molar-refractivity contribution in [3.8, 4) is 12.1 Å². The highest BCUT2D eigenvalue weighted by Crippen LogP contribution is 2.56. The Morgan fingerprint density at radius 3 is 2.61 bits per heavy atom. The molecule has 6 heteroatoms. The molecule has 0 radical (unpaired) electrons. The van der Waals surface area contributed by atoms with Gasteiger partial charge in [-0.05, 0) is 33.1 Å². The van der Waals surface area contributed by atoms with Crippen molar-refractivity contribution < 1.29 is 19.1 Å². The number of nitrogens with zero attached hydrogens (tertiary/aromatic N) is 2. The minimum absolute atomic E-state index is 0.149. The van der Waals surface area contributed by atoms with Gasteiger partial charge < -0.3 is 9.47 Å². The Bertz CT molecular complexity index is 627. The molecule has 0 aromatic rings. The third-order valence-corrected chi connectivity index (χ3v) is 4.84. The molecular weight excluding hydrogens is 296 g/mol. The molecule has 0 heterocycles. The highest BCUT2D eigenvalue weighted by molar-refractivity contribution is 5.99. The zero-order chi connectivity index (χ0) is 17.1. The summed E-state index contributed by atoms with van der Waals surface area (Å²) in [6, 6.07) is 4.19. The quantitative estimate of drug-likeness (QED) is 0.737. The Hall–Kier alpha value is -2.34. The predicted molar refractivity (Wildman–Crippen MR) is 79.4 cm³/mol. The molecule has 2 rings (SSSR count). The molecule has 0 aromatic heterocycles. The van der Waals surface area contributed by atoms with E-state index >= 15 is 0 Å². The molecule has 2 aliphatic rings. The first-order valence-electron chi connectivity index (χ1n) is 7.88. The molecule has 3 atom stereocenters. The van der Waals surface area contributed by atoms with E-state index in [1.165, 1.54) is 6.08 Å². The van der Waals surface area contributed by atoms with E-state index in [-0.39, 0.29) is 18.8 Å². The Labute approximate surface area is 135 Å². The summed E-state index contributed by atoms with van der Waals surface area (Å²) in [4.78, 5) is 25.1. The van der Waals surface area contributed by atoms with Crippen LogP contribution in [0.3, 0.4) is 0 Å². The number of ether oxygens (including phenoxy) is 2. The lowest BCUT2D eigenvalue weighted by Crippen LogP contribution is -2.54. The smallest absolute Gasteiger partial charge is 0.326 e. The van der Waals surface area contributed by atoms with Gasteiger partial charge in [0, 0.05) is 18.4 Å². The van der Waals surface area contributed by atoms with E-state index in [0.717, 1.165) is 0 Å². The fourth-order valence-electron chi connectivity index (χ4n) is 3.75. The monoisotopic (exact) mass is 316 g/mol. The molecular formula is C17H20N2O4. The van der Waals surface area contributed by atoms with Crippen molar-refractivity contribution in [2.45, 2.75) is 39.5 Å². The van der Waals surface area contributed by atoms with E-state index in [1.54, 1.807) is 13.8 Å². The van der Waals surface area contributed by atoms with Crippen LogP contribution in [0.25, 0.3) is 0 Å². The summed E-state index contributed by atoms with van der Waals surface area (Å²) in [5.74, 6) is -1.32. The van der Waals surface area contributed by atoms with Crippen LogP contribution in [-0.4, -0.2) is 25.0 Å². The predicted octanol–water partition coefficient (Wildman–Crippen LogP) is 2.26. The summed E-state index contributed by atoms with van der Waals surface area (Å²) in [5.41, 5.74) is -2.82. The molecule has 0 aliphatic heterocycles. The molecule has 0 bridgehead atoms. The minimum Gasteiger partial charge on any atom is -0.498 e. The number of carbonyl (C=O) groups is 2. The lowest BCUT2D eigenvalue weighted by molar-refractivity contribution is -0.162. The van der Waals surface area contributed by atoms with Crippen LogP contribution in [0.1, 0.15) is 39.5 Å². The Kier molecular flexibility index (Phi) is 4.75. The van der Waals surface area contributed by atoms with Crippen LogP contribution in [0.2, 0.25) is 0 Å². The first-order valence-corrected chi connectivity index (χ1v) is 7.88. The van der Waals surface area contributed by atoms with Crippen LogP contribution in [0.4, 0.5) is 0 Å². The van der Waals surface area contributed by atoms with Crippen LogP contribution < -0.4 is 0 Å². The molecule has 0 unspecified atom stereocenters. The van der Waals surface area contributed by atoms with Gasteiger partial charge in [0.2, 0.25) is 0 Å². The van der Waals surface area contributed by atoms with Crippen LogP contribution in [-0.2, 0) is 19.1 Å². The van der Waals surface area contributed by atoms with Gasteiger partial charge in [-0.1, -0.05) is 0 Å². The van der Waals surface area contributed by atoms with Gasteiger partial charge in [0.1, 0.15) is 5.41 Å². The van der Waals surface area contributed by atoms with Crippen molar-refractivity contribution in [3.63, 3.8) is 0 Å². The minimum atomic E-state index is -1.48. The van der Waals surface area contributed by atoms with Crippen molar-refractivity contribution >= 4 is 11.8 Å². The highest BCUT2D eigenvalue weighted by Gasteiger charge is 2.63. The number of hydrogen-bond acceptors (Lipinski definition) is 6. The maximum absolute atomic E-state index is 12.6. The molecule has 23 heavy (non-hydrogen) atoms. The number of rotatable bonds is 4. The lowest BCUT2D eigenvalue weighted by atomic mass is 9.51. The van der Waals surface area contributed by atoms with Crippen molar-refractivity contribution in [3.05, 3.63) is 11.8 Å². The fraction of sp³-hybridized carbons (Fsp3) is 0.647. The maximum atomic E-state index is 12.6. The summed E-state index contributed by atoms with van der Waals surface area (Å²) in [7, 11) is 0. The second kappa shape index (κ2) is 6.42. The number of ketones is 1. The van der Waals surface area contributed by atoms with Gasteiger partial charge in [0.05, 0.1) is 31.1 Å². The number of nitriles is 2. The summed E-state index contributed by atoms with van der Waals surface area (Å²) >= 11 is 0. The molecule has 0 aromatic carbocycles. The largest absolute Gasteiger partial charge is 0.498 e. The van der Waals surface area contributed by atoms with E-state index in [0.29, 0.717) is 31.6 Å². The SMILES string of the molecule is CCOC(=O)[C@@]1(C#N)CCC[C@@]2(C#N)C(=O)C=C(OCC)C[C@H]21. The molecule has 0 saturated heterocycles.